The lowest BCUT2D eigenvalue weighted by atomic mass is 10.1. The number of nitrogens with two attached hydrogens (primary N) is 1. The van der Waals surface area contributed by atoms with Crippen molar-refractivity contribution in [3.63, 3.8) is 0 Å². The maximum Gasteiger partial charge on any atom is 0.274 e. The van der Waals surface area contributed by atoms with Gasteiger partial charge in [0.25, 0.3) is 5.69 Å². The van der Waals surface area contributed by atoms with Crippen LogP contribution in [0.3, 0.4) is 0 Å². The van der Waals surface area contributed by atoms with Gasteiger partial charge in [0.2, 0.25) is 5.91 Å². The summed E-state index contributed by atoms with van der Waals surface area (Å²) in [5.74, 6) is -0.606. The minimum absolute atomic E-state index is 0.0462. The first-order valence-corrected chi connectivity index (χ1v) is 6.42. The van der Waals surface area contributed by atoms with E-state index in [0.29, 0.717) is 11.3 Å². The summed E-state index contributed by atoms with van der Waals surface area (Å²) in [6, 6.07) is 11.2. The van der Waals surface area contributed by atoms with E-state index in [4.69, 9.17) is 17.3 Å². The Kier molecular flexibility index (Phi) is 4.39. The number of nitrogens with zero attached hydrogens (tertiary/aromatic N) is 1. The van der Waals surface area contributed by atoms with E-state index in [9.17, 15) is 14.9 Å². The Balaban J connectivity index is 2.16. The van der Waals surface area contributed by atoms with Gasteiger partial charge in [-0.05, 0) is 18.2 Å². The van der Waals surface area contributed by atoms with Crippen molar-refractivity contribution in [2.24, 2.45) is 5.73 Å². The van der Waals surface area contributed by atoms with Gasteiger partial charge in [-0.3, -0.25) is 14.9 Å². The molecule has 0 radical (unpaired) electrons. The van der Waals surface area contributed by atoms with Gasteiger partial charge >= 0.3 is 0 Å². The number of carbonyl (C=O) groups excluding carboxylic acids is 1. The summed E-state index contributed by atoms with van der Waals surface area (Å²) in [7, 11) is 0. The van der Waals surface area contributed by atoms with Crippen molar-refractivity contribution in [3.05, 3.63) is 68.7 Å². The number of nitro benzene ring substituents is 1. The first-order valence-electron chi connectivity index (χ1n) is 6.04. The summed E-state index contributed by atoms with van der Waals surface area (Å²) in [4.78, 5) is 21.6. The molecular weight excluding hydrogens is 294 g/mol. The van der Waals surface area contributed by atoms with E-state index in [2.05, 4.69) is 5.32 Å². The maximum atomic E-state index is 11.1. The van der Waals surface area contributed by atoms with Gasteiger partial charge in [0.1, 0.15) is 0 Å². The molecule has 2 rings (SSSR count). The lowest BCUT2D eigenvalue weighted by Crippen LogP contribution is -2.11. The zero-order chi connectivity index (χ0) is 15.4. The van der Waals surface area contributed by atoms with Gasteiger partial charge in [-0.15, -0.1) is 0 Å². The van der Waals surface area contributed by atoms with Crippen LogP contribution in [0.2, 0.25) is 5.02 Å². The molecule has 2 aromatic carbocycles. The molecule has 2 aromatic rings. The molecule has 0 spiro atoms. The molecule has 0 saturated heterocycles. The molecule has 0 aliphatic heterocycles. The van der Waals surface area contributed by atoms with Crippen LogP contribution >= 0.6 is 11.6 Å². The number of para-hydroxylation sites is 1. The van der Waals surface area contributed by atoms with Crippen molar-refractivity contribution in [1.82, 2.24) is 0 Å². The first kappa shape index (κ1) is 14.8. The fourth-order valence-corrected chi connectivity index (χ4v) is 2.13. The lowest BCUT2D eigenvalue weighted by Gasteiger charge is -2.08. The van der Waals surface area contributed by atoms with E-state index < -0.39 is 10.8 Å². The number of halogens is 1. The zero-order valence-corrected chi connectivity index (χ0v) is 11.6. The van der Waals surface area contributed by atoms with Crippen LogP contribution in [-0.2, 0) is 6.54 Å². The number of carbonyl (C=O) groups is 1. The monoisotopic (exact) mass is 305 g/mol. The summed E-state index contributed by atoms with van der Waals surface area (Å²) in [6.45, 7) is 0.267. The highest BCUT2D eigenvalue weighted by molar-refractivity contribution is 6.34. The predicted molar refractivity (Wildman–Crippen MR) is 80.4 cm³/mol. The third-order valence-corrected chi connectivity index (χ3v) is 3.22. The van der Waals surface area contributed by atoms with Crippen LogP contribution < -0.4 is 11.1 Å². The number of rotatable bonds is 5. The molecule has 0 aliphatic carbocycles. The second-order valence-electron chi connectivity index (χ2n) is 4.30. The quantitative estimate of drug-likeness (QED) is 0.655. The number of amides is 1. The summed E-state index contributed by atoms with van der Waals surface area (Å²) < 4.78 is 0. The van der Waals surface area contributed by atoms with Crippen molar-refractivity contribution >= 4 is 28.9 Å². The SMILES string of the molecule is NC(=O)c1ccc(NCc2ccccc2[N+](=O)[O-])cc1Cl. The Labute approximate surface area is 125 Å². The molecule has 7 heteroatoms. The molecule has 0 atom stereocenters. The van der Waals surface area contributed by atoms with Crippen LogP contribution in [0.15, 0.2) is 42.5 Å². The summed E-state index contributed by atoms with van der Waals surface area (Å²) in [6.07, 6.45) is 0. The van der Waals surface area contributed by atoms with Gasteiger partial charge in [0.05, 0.1) is 15.5 Å². The largest absolute Gasteiger partial charge is 0.381 e. The highest BCUT2D eigenvalue weighted by Crippen LogP contribution is 2.23. The smallest absolute Gasteiger partial charge is 0.274 e. The molecule has 0 fully saturated rings. The maximum absolute atomic E-state index is 11.1. The average molecular weight is 306 g/mol. The fraction of sp³-hybridized carbons (Fsp3) is 0.0714. The van der Waals surface area contributed by atoms with Crippen LogP contribution in [0.25, 0.3) is 0 Å². The Morgan fingerprint density at radius 1 is 1.29 bits per heavy atom. The lowest BCUT2D eigenvalue weighted by molar-refractivity contribution is -0.385. The number of nitro groups is 1. The molecule has 0 unspecified atom stereocenters. The molecule has 0 heterocycles. The highest BCUT2D eigenvalue weighted by atomic mass is 35.5. The summed E-state index contributed by atoms with van der Waals surface area (Å²) in [5.41, 5.74) is 6.63. The fourth-order valence-electron chi connectivity index (χ4n) is 1.86. The molecule has 108 valence electrons. The van der Waals surface area contributed by atoms with E-state index in [1.807, 2.05) is 0 Å². The van der Waals surface area contributed by atoms with Crippen molar-refractivity contribution < 1.29 is 9.72 Å². The molecular formula is C14H12ClN3O3. The molecule has 21 heavy (non-hydrogen) atoms. The average Bonchev–Trinajstić information content (AvgIpc) is 2.45. The Bertz CT molecular complexity index is 704. The standard InChI is InChI=1S/C14H12ClN3O3/c15-12-7-10(5-6-11(12)14(16)19)17-8-9-3-1-2-4-13(9)18(20)21/h1-7,17H,8H2,(H2,16,19). The Morgan fingerprint density at radius 2 is 2.00 bits per heavy atom. The predicted octanol–water partition coefficient (Wildman–Crippen LogP) is 2.96. The number of hydrogen-bond donors (Lipinski definition) is 2. The normalized spacial score (nSPS) is 10.1. The van der Waals surface area contributed by atoms with Gasteiger partial charge in [-0.25, -0.2) is 0 Å². The van der Waals surface area contributed by atoms with Gasteiger partial charge in [-0.2, -0.15) is 0 Å². The van der Waals surface area contributed by atoms with Gasteiger partial charge in [-0.1, -0.05) is 29.8 Å². The van der Waals surface area contributed by atoms with Crippen molar-refractivity contribution in [2.45, 2.75) is 6.54 Å². The zero-order valence-electron chi connectivity index (χ0n) is 10.9. The van der Waals surface area contributed by atoms with Crippen LogP contribution in [0, 0.1) is 10.1 Å². The second kappa shape index (κ2) is 6.23. The Morgan fingerprint density at radius 3 is 2.62 bits per heavy atom. The van der Waals surface area contributed by atoms with Crippen LogP contribution in [0.1, 0.15) is 15.9 Å². The molecule has 0 bridgehead atoms. The van der Waals surface area contributed by atoms with Gasteiger partial charge in [0.15, 0.2) is 0 Å². The van der Waals surface area contributed by atoms with Crippen LogP contribution in [0.4, 0.5) is 11.4 Å². The van der Waals surface area contributed by atoms with E-state index in [-0.39, 0.29) is 22.8 Å². The second-order valence-corrected chi connectivity index (χ2v) is 4.71. The van der Waals surface area contributed by atoms with Crippen molar-refractivity contribution in [3.8, 4) is 0 Å². The molecule has 0 aliphatic rings. The molecule has 1 amide bonds. The van der Waals surface area contributed by atoms with Crippen LogP contribution in [-0.4, -0.2) is 10.8 Å². The minimum atomic E-state index is -0.606. The van der Waals surface area contributed by atoms with Crippen molar-refractivity contribution in [1.29, 1.82) is 0 Å². The number of benzene rings is 2. The number of hydrogen-bond acceptors (Lipinski definition) is 4. The number of anilines is 1. The Hall–Kier alpha value is -2.60. The first-order chi connectivity index (χ1) is 9.99. The molecule has 3 N–H and O–H groups in total. The molecule has 0 saturated carbocycles. The summed E-state index contributed by atoms with van der Waals surface area (Å²) in [5, 5.41) is 14.2. The van der Waals surface area contributed by atoms with E-state index >= 15 is 0 Å². The van der Waals surface area contributed by atoms with E-state index in [0.717, 1.165) is 0 Å². The molecule has 6 nitrogen and oxygen atoms in total. The number of nitrogens with one attached hydrogen (secondary N) is 1. The summed E-state index contributed by atoms with van der Waals surface area (Å²) >= 11 is 5.94. The van der Waals surface area contributed by atoms with E-state index in [1.165, 1.54) is 12.1 Å². The van der Waals surface area contributed by atoms with Crippen LogP contribution in [0.5, 0.6) is 0 Å². The third kappa shape index (κ3) is 3.49. The third-order valence-electron chi connectivity index (χ3n) is 2.91. The van der Waals surface area contributed by atoms with E-state index in [1.54, 1.807) is 30.3 Å². The van der Waals surface area contributed by atoms with Gasteiger partial charge in [0, 0.05) is 23.9 Å². The van der Waals surface area contributed by atoms with Crippen molar-refractivity contribution in [2.75, 3.05) is 5.32 Å². The topological polar surface area (TPSA) is 98.3 Å². The minimum Gasteiger partial charge on any atom is -0.381 e. The molecule has 0 aromatic heterocycles. The number of primary amides is 1. The highest BCUT2D eigenvalue weighted by Gasteiger charge is 2.12. The van der Waals surface area contributed by atoms with Gasteiger partial charge < -0.3 is 11.1 Å².